The van der Waals surface area contributed by atoms with Crippen molar-refractivity contribution in [1.29, 1.82) is 0 Å². The van der Waals surface area contributed by atoms with Crippen molar-refractivity contribution in [2.24, 2.45) is 0 Å². The van der Waals surface area contributed by atoms with E-state index in [-0.39, 0.29) is 0 Å². The zero-order chi connectivity index (χ0) is 16.0. The molecular formula is C13H15F6NO. The molecule has 0 radical (unpaired) electrons. The minimum atomic E-state index is -4.53. The number of benzene rings is 1. The third-order valence-electron chi connectivity index (χ3n) is 2.58. The molecule has 0 aliphatic rings. The molecule has 8 heteroatoms. The number of nitrogens with one attached hydrogen (secondary N) is 1. The Kier molecular flexibility index (Phi) is 6.47. The second kappa shape index (κ2) is 7.65. The molecule has 0 saturated heterocycles. The van der Waals surface area contributed by atoms with Gasteiger partial charge in [0.15, 0.2) is 0 Å². The van der Waals surface area contributed by atoms with Crippen molar-refractivity contribution in [2.45, 2.75) is 25.6 Å². The van der Waals surface area contributed by atoms with E-state index in [1.54, 1.807) is 6.92 Å². The van der Waals surface area contributed by atoms with Gasteiger partial charge in [-0.2, -0.15) is 13.2 Å². The highest BCUT2D eigenvalue weighted by Crippen LogP contribution is 2.23. The normalized spacial score (nSPS) is 13.5. The van der Waals surface area contributed by atoms with Crippen LogP contribution in [-0.4, -0.2) is 25.9 Å². The largest absolute Gasteiger partial charge is 0.411 e. The quantitative estimate of drug-likeness (QED) is 0.774. The number of hydrogen-bond donors (Lipinski definition) is 1. The Bertz CT molecular complexity index is 439. The Morgan fingerprint density at radius 3 is 2.19 bits per heavy atom. The summed E-state index contributed by atoms with van der Waals surface area (Å²) in [7, 11) is 0. The van der Waals surface area contributed by atoms with Crippen molar-refractivity contribution in [2.75, 3.05) is 19.8 Å². The molecule has 0 heterocycles. The van der Waals surface area contributed by atoms with Gasteiger partial charge in [-0.15, -0.1) is 0 Å². The Labute approximate surface area is 118 Å². The molecule has 0 saturated carbocycles. The van der Waals surface area contributed by atoms with Gasteiger partial charge >= 0.3 is 6.18 Å². The van der Waals surface area contributed by atoms with E-state index in [2.05, 4.69) is 10.1 Å². The lowest BCUT2D eigenvalue weighted by molar-refractivity contribution is -0.175. The Morgan fingerprint density at radius 1 is 1.14 bits per heavy atom. The minimum Gasteiger partial charge on any atom is -0.370 e. The van der Waals surface area contributed by atoms with E-state index in [1.165, 1.54) is 0 Å². The van der Waals surface area contributed by atoms with Crippen molar-refractivity contribution in [3.8, 4) is 0 Å². The second-order valence-corrected chi connectivity index (χ2v) is 4.42. The maximum Gasteiger partial charge on any atom is 0.411 e. The van der Waals surface area contributed by atoms with Gasteiger partial charge in [-0.1, -0.05) is 6.92 Å². The average Bonchev–Trinajstić information content (AvgIpc) is 2.32. The van der Waals surface area contributed by atoms with E-state index >= 15 is 0 Å². The highest BCUT2D eigenvalue weighted by molar-refractivity contribution is 5.24. The van der Waals surface area contributed by atoms with Crippen LogP contribution < -0.4 is 5.32 Å². The molecule has 1 rings (SSSR count). The molecule has 0 amide bonds. The number of ether oxygens (including phenoxy) is 1. The molecule has 1 aromatic carbocycles. The van der Waals surface area contributed by atoms with E-state index in [9.17, 15) is 26.3 Å². The van der Waals surface area contributed by atoms with Crippen LogP contribution in [0.15, 0.2) is 12.1 Å². The Hall–Kier alpha value is -1.28. The second-order valence-electron chi connectivity index (χ2n) is 4.42. The fourth-order valence-corrected chi connectivity index (χ4v) is 1.74. The van der Waals surface area contributed by atoms with Crippen LogP contribution in [0.25, 0.3) is 0 Å². The van der Waals surface area contributed by atoms with Crippen LogP contribution in [0.2, 0.25) is 0 Å². The Balaban J connectivity index is 2.87. The molecule has 0 fully saturated rings. The predicted molar refractivity (Wildman–Crippen MR) is 64.2 cm³/mol. The molecule has 0 aliphatic heterocycles. The Morgan fingerprint density at radius 2 is 1.71 bits per heavy atom. The summed E-state index contributed by atoms with van der Waals surface area (Å²) in [4.78, 5) is 0. The summed E-state index contributed by atoms with van der Waals surface area (Å²) >= 11 is 0. The lowest BCUT2D eigenvalue weighted by atomic mass is 10.1. The zero-order valence-electron chi connectivity index (χ0n) is 11.2. The van der Waals surface area contributed by atoms with Crippen LogP contribution in [0.4, 0.5) is 26.3 Å². The summed E-state index contributed by atoms with van der Waals surface area (Å²) in [6, 6.07) is -0.182. The summed E-state index contributed by atoms with van der Waals surface area (Å²) in [5.41, 5.74) is -0.535. The average molecular weight is 315 g/mol. The molecular weight excluding hydrogens is 300 g/mol. The number of hydrogen-bond acceptors (Lipinski definition) is 2. The number of halogens is 6. The summed E-state index contributed by atoms with van der Waals surface area (Å²) in [6.45, 7) is -0.0188. The zero-order valence-corrected chi connectivity index (χ0v) is 11.2. The molecule has 120 valence electrons. The molecule has 0 bridgehead atoms. The van der Waals surface area contributed by atoms with Crippen molar-refractivity contribution < 1.29 is 31.1 Å². The molecule has 1 N–H and O–H groups in total. The predicted octanol–water partition coefficient (Wildman–Crippen LogP) is 3.72. The van der Waals surface area contributed by atoms with Gasteiger partial charge in [0, 0.05) is 17.7 Å². The standard InChI is InChI=1S/C13H15F6NO/c1-2-3-20-11(6-21-7-13(17,18)19)12-9(15)4-8(14)5-10(12)16/h4-5,11,20H,2-3,6-7H2,1H3. The lowest BCUT2D eigenvalue weighted by Gasteiger charge is -2.20. The van der Waals surface area contributed by atoms with E-state index in [4.69, 9.17) is 0 Å². The van der Waals surface area contributed by atoms with Crippen LogP contribution in [0.5, 0.6) is 0 Å². The maximum atomic E-state index is 13.7. The van der Waals surface area contributed by atoms with Crippen LogP contribution in [-0.2, 0) is 4.74 Å². The van der Waals surface area contributed by atoms with Crippen molar-refractivity contribution in [3.05, 3.63) is 35.1 Å². The fourth-order valence-electron chi connectivity index (χ4n) is 1.74. The monoisotopic (exact) mass is 315 g/mol. The van der Waals surface area contributed by atoms with E-state index in [0.717, 1.165) is 0 Å². The highest BCUT2D eigenvalue weighted by atomic mass is 19.4. The molecule has 1 unspecified atom stereocenters. The topological polar surface area (TPSA) is 21.3 Å². The first kappa shape index (κ1) is 17.8. The summed E-state index contributed by atoms with van der Waals surface area (Å²) in [5.74, 6) is -3.44. The van der Waals surface area contributed by atoms with Gasteiger partial charge in [0.1, 0.15) is 24.1 Å². The van der Waals surface area contributed by atoms with Gasteiger partial charge in [-0.25, -0.2) is 13.2 Å². The third kappa shape index (κ3) is 5.92. The summed E-state index contributed by atoms with van der Waals surface area (Å²) in [6.07, 6.45) is -3.94. The van der Waals surface area contributed by atoms with Gasteiger partial charge in [0.25, 0.3) is 0 Å². The third-order valence-corrected chi connectivity index (χ3v) is 2.58. The molecule has 0 spiro atoms. The molecule has 1 atom stereocenters. The van der Waals surface area contributed by atoms with Crippen molar-refractivity contribution >= 4 is 0 Å². The SMILES string of the molecule is CCCNC(COCC(F)(F)F)c1c(F)cc(F)cc1F. The first-order valence-corrected chi connectivity index (χ1v) is 6.27. The van der Waals surface area contributed by atoms with Gasteiger partial charge in [0.2, 0.25) is 0 Å². The van der Waals surface area contributed by atoms with Gasteiger partial charge in [0.05, 0.1) is 12.6 Å². The first-order valence-electron chi connectivity index (χ1n) is 6.27. The lowest BCUT2D eigenvalue weighted by Crippen LogP contribution is -2.30. The van der Waals surface area contributed by atoms with Gasteiger partial charge < -0.3 is 10.1 Å². The summed E-state index contributed by atoms with van der Waals surface area (Å²) in [5, 5.41) is 2.68. The van der Waals surface area contributed by atoms with Gasteiger partial charge in [-0.3, -0.25) is 0 Å². The van der Waals surface area contributed by atoms with E-state index < -0.39 is 48.4 Å². The molecule has 0 aliphatic carbocycles. The maximum absolute atomic E-state index is 13.7. The fraction of sp³-hybridized carbons (Fsp3) is 0.538. The van der Waals surface area contributed by atoms with E-state index in [0.29, 0.717) is 25.1 Å². The van der Waals surface area contributed by atoms with Crippen LogP contribution in [0.1, 0.15) is 24.9 Å². The van der Waals surface area contributed by atoms with E-state index in [1.807, 2.05) is 0 Å². The number of rotatable bonds is 7. The van der Waals surface area contributed by atoms with Crippen LogP contribution >= 0.6 is 0 Å². The molecule has 1 aromatic rings. The first-order chi connectivity index (χ1) is 9.74. The van der Waals surface area contributed by atoms with Gasteiger partial charge in [-0.05, 0) is 13.0 Å². The molecule has 2 nitrogen and oxygen atoms in total. The van der Waals surface area contributed by atoms with Crippen molar-refractivity contribution in [1.82, 2.24) is 5.32 Å². The summed E-state index contributed by atoms with van der Waals surface area (Å²) < 4.78 is 80.7. The van der Waals surface area contributed by atoms with Crippen LogP contribution in [0.3, 0.4) is 0 Å². The highest BCUT2D eigenvalue weighted by Gasteiger charge is 2.29. The van der Waals surface area contributed by atoms with Crippen LogP contribution in [0, 0.1) is 17.5 Å². The molecule has 21 heavy (non-hydrogen) atoms. The van der Waals surface area contributed by atoms with Crippen molar-refractivity contribution in [3.63, 3.8) is 0 Å². The minimum absolute atomic E-state index is 0.316. The molecule has 0 aromatic heterocycles. The number of alkyl halides is 3. The smallest absolute Gasteiger partial charge is 0.370 e.